The van der Waals surface area contributed by atoms with Gasteiger partial charge in [0.05, 0.1) is 6.54 Å². The van der Waals surface area contributed by atoms with Gasteiger partial charge in [0.2, 0.25) is 11.7 Å². The van der Waals surface area contributed by atoms with Crippen molar-refractivity contribution < 1.29 is 8.94 Å². The third-order valence-corrected chi connectivity index (χ3v) is 3.47. The van der Waals surface area contributed by atoms with E-state index in [9.17, 15) is 0 Å². The summed E-state index contributed by atoms with van der Waals surface area (Å²) in [4.78, 5) is 8.64. The number of benzene rings is 2. The van der Waals surface area contributed by atoms with E-state index in [0.29, 0.717) is 29.3 Å². The number of aromatic nitrogens is 3. The van der Waals surface area contributed by atoms with Gasteiger partial charge in [-0.05, 0) is 24.3 Å². The van der Waals surface area contributed by atoms with Gasteiger partial charge >= 0.3 is 0 Å². The summed E-state index contributed by atoms with van der Waals surface area (Å²) >= 11 is 5.96. The molecular weight excluding hydrogens is 316 g/mol. The van der Waals surface area contributed by atoms with Crippen molar-refractivity contribution in [1.29, 1.82) is 0 Å². The lowest BCUT2D eigenvalue weighted by molar-refractivity contribution is 0.383. The average Bonchev–Trinajstić information content (AvgIpc) is 3.19. The molecule has 7 heteroatoms. The first kappa shape index (κ1) is 13.8. The highest BCUT2D eigenvalue weighted by Crippen LogP contribution is 2.21. The molecule has 6 nitrogen and oxygen atoms in total. The Morgan fingerprint density at radius 3 is 2.83 bits per heavy atom. The van der Waals surface area contributed by atoms with Gasteiger partial charge in [-0.2, -0.15) is 9.97 Å². The summed E-state index contributed by atoms with van der Waals surface area (Å²) in [7, 11) is 0. The molecule has 0 atom stereocenters. The average molecular weight is 327 g/mol. The van der Waals surface area contributed by atoms with E-state index in [1.807, 2.05) is 36.4 Å². The molecule has 0 spiro atoms. The van der Waals surface area contributed by atoms with Crippen LogP contribution in [0.25, 0.3) is 22.5 Å². The normalized spacial score (nSPS) is 11.0. The van der Waals surface area contributed by atoms with Gasteiger partial charge in [-0.25, -0.2) is 0 Å². The van der Waals surface area contributed by atoms with Crippen molar-refractivity contribution in [2.75, 3.05) is 5.32 Å². The third-order valence-electron chi connectivity index (χ3n) is 3.24. The van der Waals surface area contributed by atoms with E-state index in [2.05, 4.69) is 20.4 Å². The van der Waals surface area contributed by atoms with Crippen LogP contribution in [0.4, 0.5) is 6.01 Å². The second-order valence-corrected chi connectivity index (χ2v) is 5.30. The molecule has 0 fully saturated rings. The number of hydrogen-bond acceptors (Lipinski definition) is 6. The first-order valence-electron chi connectivity index (χ1n) is 6.96. The fourth-order valence-electron chi connectivity index (χ4n) is 2.17. The molecule has 2 aromatic heterocycles. The van der Waals surface area contributed by atoms with Gasteiger partial charge in [-0.15, -0.1) is 0 Å². The van der Waals surface area contributed by atoms with Gasteiger partial charge < -0.3 is 14.3 Å². The van der Waals surface area contributed by atoms with Crippen LogP contribution in [-0.4, -0.2) is 15.1 Å². The minimum absolute atomic E-state index is 0.320. The van der Waals surface area contributed by atoms with E-state index >= 15 is 0 Å². The highest BCUT2D eigenvalue weighted by Gasteiger charge is 2.10. The number of nitrogens with zero attached hydrogens (tertiary/aromatic N) is 3. The molecule has 114 valence electrons. The molecular formula is C16H11ClN4O2. The third kappa shape index (κ3) is 2.89. The summed E-state index contributed by atoms with van der Waals surface area (Å²) in [6.45, 7) is 0.320. The molecule has 0 saturated carbocycles. The van der Waals surface area contributed by atoms with Gasteiger partial charge in [0.25, 0.3) is 6.01 Å². The molecule has 1 N–H and O–H groups in total. The Balaban J connectivity index is 1.49. The predicted octanol–water partition coefficient (Wildman–Crippen LogP) is 4.14. The van der Waals surface area contributed by atoms with Crippen molar-refractivity contribution in [3.05, 3.63) is 59.4 Å². The van der Waals surface area contributed by atoms with Crippen molar-refractivity contribution in [1.82, 2.24) is 15.1 Å². The van der Waals surface area contributed by atoms with Gasteiger partial charge in [-0.1, -0.05) is 41.0 Å². The van der Waals surface area contributed by atoms with E-state index in [-0.39, 0.29) is 0 Å². The zero-order valence-electron chi connectivity index (χ0n) is 11.9. The molecule has 0 unspecified atom stereocenters. The molecule has 0 saturated heterocycles. The van der Waals surface area contributed by atoms with Crippen molar-refractivity contribution in [2.45, 2.75) is 6.54 Å². The molecule has 23 heavy (non-hydrogen) atoms. The molecule has 4 rings (SSSR count). The summed E-state index contributed by atoms with van der Waals surface area (Å²) in [6, 6.07) is 15.2. The molecule has 4 aromatic rings. The standard InChI is InChI=1S/C16H11ClN4O2/c17-11-5-3-4-10(8-11)15-20-14(23-21-15)9-18-16-19-12-6-1-2-7-13(12)22-16/h1-8H,9H2,(H,18,19). The summed E-state index contributed by atoms with van der Waals surface area (Å²) in [5, 5.41) is 7.60. The number of halogens is 1. The zero-order valence-corrected chi connectivity index (χ0v) is 12.6. The molecule has 0 amide bonds. The summed E-state index contributed by atoms with van der Waals surface area (Å²) in [6.07, 6.45) is 0. The van der Waals surface area contributed by atoms with Crippen LogP contribution < -0.4 is 5.32 Å². The lowest BCUT2D eigenvalue weighted by Gasteiger charge is -1.95. The van der Waals surface area contributed by atoms with Crippen LogP contribution in [0, 0.1) is 0 Å². The van der Waals surface area contributed by atoms with Crippen molar-refractivity contribution in [3.8, 4) is 11.4 Å². The summed E-state index contributed by atoms with van der Waals surface area (Å²) in [5.41, 5.74) is 2.31. The zero-order chi connectivity index (χ0) is 15.6. The van der Waals surface area contributed by atoms with Crippen molar-refractivity contribution in [3.63, 3.8) is 0 Å². The largest absolute Gasteiger partial charge is 0.424 e. The van der Waals surface area contributed by atoms with Gasteiger partial charge in [0, 0.05) is 10.6 Å². The van der Waals surface area contributed by atoms with Crippen LogP contribution in [0.2, 0.25) is 5.02 Å². The highest BCUT2D eigenvalue weighted by molar-refractivity contribution is 6.30. The van der Waals surface area contributed by atoms with Crippen LogP contribution in [-0.2, 0) is 6.54 Å². The van der Waals surface area contributed by atoms with Crippen LogP contribution in [0.15, 0.2) is 57.5 Å². The maximum atomic E-state index is 5.96. The predicted molar refractivity (Wildman–Crippen MR) is 86.1 cm³/mol. The number of para-hydroxylation sites is 2. The van der Waals surface area contributed by atoms with Gasteiger partial charge in [-0.3, -0.25) is 0 Å². The topological polar surface area (TPSA) is 77.0 Å². The van der Waals surface area contributed by atoms with E-state index in [4.69, 9.17) is 20.5 Å². The smallest absolute Gasteiger partial charge is 0.296 e. The van der Waals surface area contributed by atoms with Crippen LogP contribution in [0.5, 0.6) is 0 Å². The molecule has 0 aliphatic rings. The minimum atomic E-state index is 0.320. The Bertz CT molecular complexity index is 930. The molecule has 0 bridgehead atoms. The first-order valence-corrected chi connectivity index (χ1v) is 7.34. The second-order valence-electron chi connectivity index (χ2n) is 4.86. The summed E-state index contributed by atoms with van der Waals surface area (Å²) < 4.78 is 10.8. The number of nitrogens with one attached hydrogen (secondary N) is 1. The van der Waals surface area contributed by atoms with E-state index < -0.39 is 0 Å². The van der Waals surface area contributed by atoms with Crippen LogP contribution in [0.1, 0.15) is 5.89 Å². The number of oxazole rings is 1. The monoisotopic (exact) mass is 326 g/mol. The van der Waals surface area contributed by atoms with Gasteiger partial charge in [0.15, 0.2) is 5.58 Å². The lowest BCUT2D eigenvalue weighted by Crippen LogP contribution is -1.99. The van der Waals surface area contributed by atoms with E-state index in [1.54, 1.807) is 12.1 Å². The summed E-state index contributed by atoms with van der Waals surface area (Å²) in [5.74, 6) is 0.920. The number of anilines is 1. The maximum absolute atomic E-state index is 5.96. The fraction of sp³-hybridized carbons (Fsp3) is 0.0625. The Hall–Kier alpha value is -2.86. The lowest BCUT2D eigenvalue weighted by atomic mass is 10.2. The Morgan fingerprint density at radius 1 is 1.04 bits per heavy atom. The first-order chi connectivity index (χ1) is 11.3. The molecule has 0 aliphatic carbocycles. The molecule has 2 aromatic carbocycles. The maximum Gasteiger partial charge on any atom is 0.296 e. The van der Waals surface area contributed by atoms with Crippen molar-refractivity contribution in [2.24, 2.45) is 0 Å². The quantitative estimate of drug-likeness (QED) is 0.607. The number of rotatable bonds is 4. The highest BCUT2D eigenvalue weighted by atomic mass is 35.5. The van der Waals surface area contributed by atoms with Gasteiger partial charge in [0.1, 0.15) is 5.52 Å². The van der Waals surface area contributed by atoms with Crippen LogP contribution in [0.3, 0.4) is 0 Å². The Morgan fingerprint density at radius 2 is 1.96 bits per heavy atom. The molecule has 0 aliphatic heterocycles. The number of hydrogen-bond donors (Lipinski definition) is 1. The SMILES string of the molecule is Clc1cccc(-c2noc(CNc3nc4ccccc4o3)n2)c1. The number of fused-ring (bicyclic) bond motifs is 1. The Kier molecular flexibility index (Phi) is 3.44. The fourth-order valence-corrected chi connectivity index (χ4v) is 2.36. The van der Waals surface area contributed by atoms with E-state index in [1.165, 1.54) is 0 Å². The molecule has 2 heterocycles. The minimum Gasteiger partial charge on any atom is -0.424 e. The van der Waals surface area contributed by atoms with Crippen molar-refractivity contribution >= 4 is 28.7 Å². The van der Waals surface area contributed by atoms with Crippen LogP contribution >= 0.6 is 11.6 Å². The van der Waals surface area contributed by atoms with E-state index in [0.717, 1.165) is 16.7 Å². The Labute approximate surface area is 136 Å². The second kappa shape index (κ2) is 5.73. The molecule has 0 radical (unpaired) electrons.